The molecule has 3 heteroatoms. The van der Waals surface area contributed by atoms with Crippen LogP contribution < -0.4 is 0 Å². The van der Waals surface area contributed by atoms with E-state index in [-0.39, 0.29) is 12.1 Å². The van der Waals surface area contributed by atoms with Gasteiger partial charge in [-0.3, -0.25) is 0 Å². The molecule has 0 aliphatic carbocycles. The van der Waals surface area contributed by atoms with Crippen molar-refractivity contribution in [3.63, 3.8) is 0 Å². The third-order valence-electron chi connectivity index (χ3n) is 2.50. The molecule has 0 radical (unpaired) electrons. The number of halogens is 1. The van der Waals surface area contributed by atoms with Gasteiger partial charge in [-0.25, -0.2) is 4.79 Å². The Morgan fingerprint density at radius 3 is 2.50 bits per heavy atom. The van der Waals surface area contributed by atoms with Gasteiger partial charge in [-0.05, 0) is 47.1 Å². The van der Waals surface area contributed by atoms with Crippen molar-refractivity contribution in [1.82, 2.24) is 0 Å². The third-order valence-corrected chi connectivity index (χ3v) is 3.44. The standard InChI is InChI=1S/C13H17IO2/c1-4-12(9(2)3)16-13(15)10-7-5-6-8-11(10)14/h5-9,12H,4H2,1-3H3. The molecule has 1 aromatic rings. The Labute approximate surface area is 111 Å². The van der Waals surface area contributed by atoms with Crippen molar-refractivity contribution in [3.8, 4) is 0 Å². The SMILES string of the molecule is CCC(OC(=O)c1ccccc1I)C(C)C. The molecule has 1 rings (SSSR count). The first kappa shape index (κ1) is 13.5. The zero-order chi connectivity index (χ0) is 12.1. The molecule has 0 bridgehead atoms. The smallest absolute Gasteiger partial charge is 0.339 e. The minimum Gasteiger partial charge on any atom is -0.458 e. The molecule has 1 aromatic carbocycles. The number of carbonyl (C=O) groups excluding carboxylic acids is 1. The highest BCUT2D eigenvalue weighted by Crippen LogP contribution is 2.17. The second kappa shape index (κ2) is 6.23. The summed E-state index contributed by atoms with van der Waals surface area (Å²) in [5.74, 6) is 0.140. The van der Waals surface area contributed by atoms with Crippen LogP contribution in [0, 0.1) is 9.49 Å². The van der Waals surface area contributed by atoms with Crippen LogP contribution >= 0.6 is 22.6 Å². The van der Waals surface area contributed by atoms with E-state index in [0.717, 1.165) is 9.99 Å². The van der Waals surface area contributed by atoms with Gasteiger partial charge in [-0.1, -0.05) is 32.9 Å². The molecule has 16 heavy (non-hydrogen) atoms. The van der Waals surface area contributed by atoms with E-state index < -0.39 is 0 Å². The Bertz CT molecular complexity index is 361. The molecule has 0 saturated carbocycles. The number of hydrogen-bond acceptors (Lipinski definition) is 2. The Morgan fingerprint density at radius 2 is 2.00 bits per heavy atom. The molecule has 0 heterocycles. The topological polar surface area (TPSA) is 26.3 Å². The predicted molar refractivity (Wildman–Crippen MR) is 73.5 cm³/mol. The highest BCUT2D eigenvalue weighted by atomic mass is 127. The Kier molecular flexibility index (Phi) is 5.25. The molecule has 1 unspecified atom stereocenters. The Morgan fingerprint density at radius 1 is 1.38 bits per heavy atom. The van der Waals surface area contributed by atoms with Gasteiger partial charge in [0, 0.05) is 3.57 Å². The van der Waals surface area contributed by atoms with Crippen molar-refractivity contribution in [1.29, 1.82) is 0 Å². The minimum absolute atomic E-state index is 0.00325. The number of esters is 1. The molecular formula is C13H17IO2. The predicted octanol–water partition coefficient (Wildman–Crippen LogP) is 3.88. The van der Waals surface area contributed by atoms with E-state index in [0.29, 0.717) is 11.5 Å². The van der Waals surface area contributed by atoms with Crippen molar-refractivity contribution in [3.05, 3.63) is 33.4 Å². The van der Waals surface area contributed by atoms with Crippen LogP contribution in [0.1, 0.15) is 37.6 Å². The lowest BCUT2D eigenvalue weighted by Crippen LogP contribution is -2.23. The summed E-state index contributed by atoms with van der Waals surface area (Å²) in [5.41, 5.74) is 0.655. The molecular weight excluding hydrogens is 315 g/mol. The van der Waals surface area contributed by atoms with Crippen molar-refractivity contribution in [2.45, 2.75) is 33.3 Å². The first-order valence-electron chi connectivity index (χ1n) is 5.51. The molecule has 0 amide bonds. The summed E-state index contributed by atoms with van der Waals surface area (Å²) >= 11 is 2.15. The Balaban J connectivity index is 2.76. The van der Waals surface area contributed by atoms with Crippen molar-refractivity contribution in [2.75, 3.05) is 0 Å². The second-order valence-electron chi connectivity index (χ2n) is 4.08. The third kappa shape index (κ3) is 3.47. The van der Waals surface area contributed by atoms with Crippen LogP contribution in [0.4, 0.5) is 0 Å². The van der Waals surface area contributed by atoms with Crippen molar-refractivity contribution >= 4 is 28.6 Å². The summed E-state index contributed by atoms with van der Waals surface area (Å²) in [4.78, 5) is 11.9. The van der Waals surface area contributed by atoms with Gasteiger partial charge in [-0.15, -0.1) is 0 Å². The van der Waals surface area contributed by atoms with Gasteiger partial charge in [0.25, 0.3) is 0 Å². The summed E-state index contributed by atoms with van der Waals surface area (Å²) in [7, 11) is 0. The summed E-state index contributed by atoms with van der Waals surface area (Å²) in [6.45, 7) is 6.17. The van der Waals surface area contributed by atoms with Crippen LogP contribution in [0.15, 0.2) is 24.3 Å². The fourth-order valence-corrected chi connectivity index (χ4v) is 2.13. The molecule has 88 valence electrons. The lowest BCUT2D eigenvalue weighted by atomic mass is 10.1. The van der Waals surface area contributed by atoms with Gasteiger partial charge in [0.2, 0.25) is 0 Å². The van der Waals surface area contributed by atoms with Gasteiger partial charge in [0.1, 0.15) is 6.10 Å². The summed E-state index contributed by atoms with van der Waals surface area (Å²) in [5, 5.41) is 0. The van der Waals surface area contributed by atoms with E-state index in [1.54, 1.807) is 6.07 Å². The van der Waals surface area contributed by atoms with E-state index in [4.69, 9.17) is 4.74 Å². The maximum atomic E-state index is 11.9. The quantitative estimate of drug-likeness (QED) is 0.618. The normalized spacial score (nSPS) is 12.6. The van der Waals surface area contributed by atoms with E-state index >= 15 is 0 Å². The summed E-state index contributed by atoms with van der Waals surface area (Å²) in [6, 6.07) is 7.48. The van der Waals surface area contributed by atoms with Gasteiger partial charge < -0.3 is 4.74 Å². The fourth-order valence-electron chi connectivity index (χ4n) is 1.52. The summed E-state index contributed by atoms with van der Waals surface area (Å²) < 4.78 is 6.42. The van der Waals surface area contributed by atoms with Gasteiger partial charge >= 0.3 is 5.97 Å². The molecule has 0 N–H and O–H groups in total. The first-order valence-corrected chi connectivity index (χ1v) is 6.59. The molecule has 0 aliphatic heterocycles. The second-order valence-corrected chi connectivity index (χ2v) is 5.24. The first-order chi connectivity index (χ1) is 7.56. The molecule has 0 aliphatic rings. The molecule has 0 aromatic heterocycles. The van der Waals surface area contributed by atoms with Crippen LogP contribution in [0.25, 0.3) is 0 Å². The van der Waals surface area contributed by atoms with Crippen LogP contribution in [0.3, 0.4) is 0 Å². The molecule has 1 atom stereocenters. The maximum Gasteiger partial charge on any atom is 0.339 e. The van der Waals surface area contributed by atoms with Crippen molar-refractivity contribution in [2.24, 2.45) is 5.92 Å². The van der Waals surface area contributed by atoms with Crippen LogP contribution in [-0.4, -0.2) is 12.1 Å². The lowest BCUT2D eigenvalue weighted by molar-refractivity contribution is 0.0172. The average Bonchev–Trinajstić information content (AvgIpc) is 2.25. The highest BCUT2D eigenvalue weighted by molar-refractivity contribution is 14.1. The molecule has 0 spiro atoms. The highest BCUT2D eigenvalue weighted by Gasteiger charge is 2.18. The number of carbonyl (C=O) groups is 1. The van der Waals surface area contributed by atoms with E-state index in [2.05, 4.69) is 36.4 Å². The molecule has 0 saturated heterocycles. The van der Waals surface area contributed by atoms with E-state index in [9.17, 15) is 4.79 Å². The largest absolute Gasteiger partial charge is 0.458 e. The zero-order valence-corrected chi connectivity index (χ0v) is 12.0. The summed E-state index contributed by atoms with van der Waals surface area (Å²) in [6.07, 6.45) is 0.857. The van der Waals surface area contributed by atoms with Crippen LogP contribution in [0.2, 0.25) is 0 Å². The Hall–Kier alpha value is -0.580. The van der Waals surface area contributed by atoms with Gasteiger partial charge in [0.05, 0.1) is 5.56 Å². The lowest BCUT2D eigenvalue weighted by Gasteiger charge is -2.19. The maximum absolute atomic E-state index is 11.9. The van der Waals surface area contributed by atoms with E-state index in [1.165, 1.54) is 0 Å². The zero-order valence-electron chi connectivity index (χ0n) is 9.87. The number of hydrogen-bond donors (Lipinski definition) is 0. The minimum atomic E-state index is -0.217. The average molecular weight is 332 g/mol. The van der Waals surface area contributed by atoms with Crippen LogP contribution in [0.5, 0.6) is 0 Å². The van der Waals surface area contributed by atoms with E-state index in [1.807, 2.05) is 25.1 Å². The van der Waals surface area contributed by atoms with Gasteiger partial charge in [-0.2, -0.15) is 0 Å². The molecule has 2 nitrogen and oxygen atoms in total. The van der Waals surface area contributed by atoms with Gasteiger partial charge in [0.15, 0.2) is 0 Å². The number of ether oxygens (including phenoxy) is 1. The van der Waals surface area contributed by atoms with Crippen molar-refractivity contribution < 1.29 is 9.53 Å². The monoisotopic (exact) mass is 332 g/mol. The van der Waals surface area contributed by atoms with Crippen LogP contribution in [-0.2, 0) is 4.74 Å². The fraction of sp³-hybridized carbons (Fsp3) is 0.462. The molecule has 0 fully saturated rings. The number of rotatable bonds is 4. The number of benzene rings is 1.